The molecule has 0 bridgehead atoms. The van der Waals surface area contributed by atoms with E-state index in [0.29, 0.717) is 5.56 Å². The van der Waals surface area contributed by atoms with Gasteiger partial charge in [-0.1, -0.05) is 12.1 Å². The van der Waals surface area contributed by atoms with Crippen molar-refractivity contribution in [3.63, 3.8) is 0 Å². The Labute approximate surface area is 90.0 Å². The smallest absolute Gasteiger partial charge is 0.428 e. The Morgan fingerprint density at radius 3 is 2.06 bits per heavy atom. The van der Waals surface area contributed by atoms with Crippen molar-refractivity contribution >= 4 is 0 Å². The molecule has 0 aromatic heterocycles. The van der Waals surface area contributed by atoms with Crippen LogP contribution in [0.5, 0.6) is 5.75 Å². The summed E-state index contributed by atoms with van der Waals surface area (Å²) in [6, 6.07) is 4.98. The molecule has 2 nitrogen and oxygen atoms in total. The van der Waals surface area contributed by atoms with E-state index in [2.05, 4.69) is 4.74 Å². The number of halogens is 4. The molecule has 0 aliphatic heterocycles. The molecule has 90 valence electrons. The van der Waals surface area contributed by atoms with Crippen LogP contribution in [-0.4, -0.2) is 12.5 Å². The molecule has 0 unspecified atom stereocenters. The molecule has 0 fully saturated rings. The van der Waals surface area contributed by atoms with Gasteiger partial charge in [-0.15, -0.1) is 0 Å². The lowest BCUT2D eigenvalue weighted by molar-refractivity contribution is -0.253. The Morgan fingerprint density at radius 2 is 1.69 bits per heavy atom. The van der Waals surface area contributed by atoms with Gasteiger partial charge in [-0.3, -0.25) is 0 Å². The van der Waals surface area contributed by atoms with E-state index in [-0.39, 0.29) is 11.8 Å². The second kappa shape index (κ2) is 4.69. The molecule has 0 saturated carbocycles. The highest BCUT2D eigenvalue weighted by atomic mass is 19.3. The van der Waals surface area contributed by atoms with Crippen LogP contribution in [0.25, 0.3) is 0 Å². The van der Waals surface area contributed by atoms with Gasteiger partial charge in [0.2, 0.25) is 0 Å². The van der Waals surface area contributed by atoms with Crippen LogP contribution in [0.15, 0.2) is 24.3 Å². The quantitative estimate of drug-likeness (QED) is 0.817. The summed E-state index contributed by atoms with van der Waals surface area (Å²) >= 11 is 0. The van der Waals surface area contributed by atoms with Crippen molar-refractivity contribution < 1.29 is 22.3 Å². The standard InChI is InChI=1S/C10H11F4NO/c1-6(15)7-2-4-8(5-3-7)16-10(13,14)9(11)12/h2-6,9H,15H2,1H3/t6-/m0/s1. The maximum absolute atomic E-state index is 12.5. The molecular weight excluding hydrogens is 226 g/mol. The molecule has 1 aromatic carbocycles. The van der Waals surface area contributed by atoms with Gasteiger partial charge >= 0.3 is 12.5 Å². The van der Waals surface area contributed by atoms with E-state index in [1.165, 1.54) is 24.3 Å². The SMILES string of the molecule is C[C@H](N)c1ccc(OC(F)(F)C(F)F)cc1. The van der Waals surface area contributed by atoms with Crippen LogP contribution in [0.4, 0.5) is 17.6 Å². The van der Waals surface area contributed by atoms with Gasteiger partial charge in [0.1, 0.15) is 5.75 Å². The molecule has 0 aliphatic rings. The van der Waals surface area contributed by atoms with E-state index in [0.717, 1.165) is 0 Å². The fraction of sp³-hybridized carbons (Fsp3) is 0.400. The van der Waals surface area contributed by atoms with Gasteiger partial charge in [0.05, 0.1) is 0 Å². The number of hydrogen-bond acceptors (Lipinski definition) is 2. The van der Waals surface area contributed by atoms with E-state index in [1.54, 1.807) is 6.92 Å². The largest absolute Gasteiger partial charge is 0.461 e. The number of rotatable bonds is 4. The van der Waals surface area contributed by atoms with Crippen LogP contribution in [0.3, 0.4) is 0 Å². The molecule has 16 heavy (non-hydrogen) atoms. The molecule has 0 amide bonds. The van der Waals surface area contributed by atoms with Crippen LogP contribution in [0.1, 0.15) is 18.5 Å². The molecule has 1 aromatic rings. The number of alkyl halides is 4. The van der Waals surface area contributed by atoms with Crippen molar-refractivity contribution in [2.75, 3.05) is 0 Å². The zero-order valence-corrected chi connectivity index (χ0v) is 8.46. The summed E-state index contributed by atoms with van der Waals surface area (Å²) in [5.41, 5.74) is 6.23. The van der Waals surface area contributed by atoms with E-state index in [4.69, 9.17) is 5.73 Å². The fourth-order valence-electron chi connectivity index (χ4n) is 1.04. The average molecular weight is 237 g/mol. The third-order valence-electron chi connectivity index (χ3n) is 1.91. The molecular formula is C10H11F4NO. The van der Waals surface area contributed by atoms with Crippen molar-refractivity contribution in [2.45, 2.75) is 25.5 Å². The number of benzene rings is 1. The molecule has 1 atom stereocenters. The highest BCUT2D eigenvalue weighted by Gasteiger charge is 2.43. The van der Waals surface area contributed by atoms with E-state index in [1.807, 2.05) is 0 Å². The highest BCUT2D eigenvalue weighted by Crippen LogP contribution is 2.27. The van der Waals surface area contributed by atoms with E-state index >= 15 is 0 Å². The molecule has 1 rings (SSSR count). The minimum Gasteiger partial charge on any atom is -0.428 e. The number of hydrogen-bond donors (Lipinski definition) is 1. The van der Waals surface area contributed by atoms with Gasteiger partial charge in [0.25, 0.3) is 0 Å². The van der Waals surface area contributed by atoms with Crippen molar-refractivity contribution in [1.29, 1.82) is 0 Å². The molecule has 2 N–H and O–H groups in total. The van der Waals surface area contributed by atoms with Crippen molar-refractivity contribution in [3.8, 4) is 5.75 Å². The summed E-state index contributed by atoms with van der Waals surface area (Å²) in [5, 5.41) is 0. The van der Waals surface area contributed by atoms with Crippen LogP contribution in [-0.2, 0) is 0 Å². The van der Waals surface area contributed by atoms with E-state index in [9.17, 15) is 17.6 Å². The topological polar surface area (TPSA) is 35.2 Å². The van der Waals surface area contributed by atoms with Gasteiger partial charge in [-0.2, -0.15) is 17.6 Å². The Morgan fingerprint density at radius 1 is 1.19 bits per heavy atom. The average Bonchev–Trinajstić information content (AvgIpc) is 2.17. The first-order valence-corrected chi connectivity index (χ1v) is 4.53. The second-order valence-corrected chi connectivity index (χ2v) is 3.32. The lowest BCUT2D eigenvalue weighted by atomic mass is 10.1. The number of nitrogens with two attached hydrogens (primary N) is 1. The summed E-state index contributed by atoms with van der Waals surface area (Å²) < 4.78 is 52.5. The Balaban J connectivity index is 2.76. The van der Waals surface area contributed by atoms with Crippen LogP contribution < -0.4 is 10.5 Å². The minimum absolute atomic E-state index is 0.260. The summed E-state index contributed by atoms with van der Waals surface area (Å²) in [6.45, 7) is 1.71. The van der Waals surface area contributed by atoms with E-state index < -0.39 is 12.5 Å². The maximum atomic E-state index is 12.5. The predicted molar refractivity (Wildman–Crippen MR) is 50.6 cm³/mol. The Hall–Kier alpha value is -1.30. The summed E-state index contributed by atoms with van der Waals surface area (Å²) in [7, 11) is 0. The highest BCUT2D eigenvalue weighted by molar-refractivity contribution is 5.29. The first-order chi connectivity index (χ1) is 7.33. The maximum Gasteiger partial charge on any atom is 0.461 e. The fourth-order valence-corrected chi connectivity index (χ4v) is 1.04. The molecule has 0 radical (unpaired) electrons. The summed E-state index contributed by atoms with van der Waals surface area (Å²) in [5.74, 6) is -0.324. The Bertz CT molecular complexity index is 337. The molecule has 0 heterocycles. The molecule has 0 saturated heterocycles. The molecule has 0 spiro atoms. The lowest BCUT2D eigenvalue weighted by Crippen LogP contribution is -2.33. The summed E-state index contributed by atoms with van der Waals surface area (Å²) in [6.07, 6.45) is -8.34. The van der Waals surface area contributed by atoms with Crippen LogP contribution >= 0.6 is 0 Å². The van der Waals surface area contributed by atoms with Gasteiger partial charge in [0.15, 0.2) is 0 Å². The predicted octanol–water partition coefficient (Wildman–Crippen LogP) is 2.94. The van der Waals surface area contributed by atoms with Crippen LogP contribution in [0, 0.1) is 0 Å². The first kappa shape index (κ1) is 12.8. The zero-order chi connectivity index (χ0) is 12.3. The Kier molecular flexibility index (Phi) is 3.74. The zero-order valence-electron chi connectivity index (χ0n) is 8.46. The minimum atomic E-state index is -4.48. The van der Waals surface area contributed by atoms with Crippen molar-refractivity contribution in [1.82, 2.24) is 0 Å². The van der Waals surface area contributed by atoms with Gasteiger partial charge in [-0.25, -0.2) is 0 Å². The monoisotopic (exact) mass is 237 g/mol. The first-order valence-electron chi connectivity index (χ1n) is 4.53. The van der Waals surface area contributed by atoms with Crippen molar-refractivity contribution in [2.24, 2.45) is 5.73 Å². The second-order valence-electron chi connectivity index (χ2n) is 3.32. The lowest BCUT2D eigenvalue weighted by Gasteiger charge is -2.17. The van der Waals surface area contributed by atoms with Gasteiger partial charge < -0.3 is 10.5 Å². The van der Waals surface area contributed by atoms with Gasteiger partial charge in [0, 0.05) is 6.04 Å². The normalized spacial score (nSPS) is 13.9. The van der Waals surface area contributed by atoms with Gasteiger partial charge in [-0.05, 0) is 24.6 Å². The third-order valence-corrected chi connectivity index (χ3v) is 1.91. The summed E-state index contributed by atoms with van der Waals surface area (Å²) in [4.78, 5) is 0. The molecule has 0 aliphatic carbocycles. The van der Waals surface area contributed by atoms with Crippen LogP contribution in [0.2, 0.25) is 0 Å². The third kappa shape index (κ3) is 3.10. The van der Waals surface area contributed by atoms with Crippen molar-refractivity contribution in [3.05, 3.63) is 29.8 Å². The number of ether oxygens (including phenoxy) is 1. The molecule has 6 heteroatoms.